The molecule has 0 bridgehead atoms. The number of aliphatic hydroxyl groups excluding tert-OH is 1. The van der Waals surface area contributed by atoms with E-state index in [9.17, 15) is 4.39 Å². The number of ether oxygens (including phenoxy) is 1. The molecule has 1 N–H and O–H groups in total. The first-order chi connectivity index (χ1) is 7.13. The van der Waals surface area contributed by atoms with Crippen molar-refractivity contribution < 1.29 is 14.2 Å². The summed E-state index contributed by atoms with van der Waals surface area (Å²) in [5, 5.41) is 8.99. The van der Waals surface area contributed by atoms with E-state index in [1.807, 2.05) is 19.0 Å². The molecule has 84 valence electrons. The van der Waals surface area contributed by atoms with Crippen LogP contribution < -0.4 is 4.74 Å². The van der Waals surface area contributed by atoms with E-state index in [2.05, 4.69) is 0 Å². The van der Waals surface area contributed by atoms with Crippen molar-refractivity contribution in [1.29, 1.82) is 0 Å². The molecule has 0 atom stereocenters. The molecule has 1 aromatic carbocycles. The Hall–Kier alpha value is -1.13. The van der Waals surface area contributed by atoms with Crippen LogP contribution in [0.2, 0.25) is 0 Å². The molecule has 0 unspecified atom stereocenters. The minimum absolute atomic E-state index is 0.213. The molecule has 0 saturated carbocycles. The van der Waals surface area contributed by atoms with Crippen LogP contribution in [0.4, 0.5) is 4.39 Å². The van der Waals surface area contributed by atoms with Gasteiger partial charge in [-0.25, -0.2) is 4.39 Å². The fourth-order valence-corrected chi connectivity index (χ4v) is 1.15. The van der Waals surface area contributed by atoms with Crippen LogP contribution in [-0.2, 0) is 6.61 Å². The fourth-order valence-electron chi connectivity index (χ4n) is 1.15. The molecule has 0 radical (unpaired) electrons. The minimum atomic E-state index is -0.362. The SMILES string of the molecule is CN(C)CCOc1ccc(F)cc1CO. The highest BCUT2D eigenvalue weighted by molar-refractivity contribution is 5.33. The van der Waals surface area contributed by atoms with Gasteiger partial charge in [0.1, 0.15) is 18.2 Å². The highest BCUT2D eigenvalue weighted by atomic mass is 19.1. The van der Waals surface area contributed by atoms with Crippen LogP contribution in [0.1, 0.15) is 5.56 Å². The van der Waals surface area contributed by atoms with E-state index in [0.717, 1.165) is 6.54 Å². The molecule has 0 saturated heterocycles. The van der Waals surface area contributed by atoms with Crippen molar-refractivity contribution in [1.82, 2.24) is 4.90 Å². The van der Waals surface area contributed by atoms with Gasteiger partial charge in [-0.05, 0) is 32.3 Å². The van der Waals surface area contributed by atoms with E-state index in [1.165, 1.54) is 18.2 Å². The number of hydrogen-bond acceptors (Lipinski definition) is 3. The predicted octanol–water partition coefficient (Wildman–Crippen LogP) is 1.26. The van der Waals surface area contributed by atoms with Crippen molar-refractivity contribution in [2.45, 2.75) is 6.61 Å². The van der Waals surface area contributed by atoms with E-state index >= 15 is 0 Å². The van der Waals surface area contributed by atoms with Crippen LogP contribution in [0.15, 0.2) is 18.2 Å². The lowest BCUT2D eigenvalue weighted by atomic mass is 10.2. The molecule has 15 heavy (non-hydrogen) atoms. The van der Waals surface area contributed by atoms with Crippen molar-refractivity contribution in [2.24, 2.45) is 0 Å². The van der Waals surface area contributed by atoms with Crippen LogP contribution in [0.5, 0.6) is 5.75 Å². The van der Waals surface area contributed by atoms with Crippen LogP contribution >= 0.6 is 0 Å². The van der Waals surface area contributed by atoms with E-state index in [-0.39, 0.29) is 12.4 Å². The maximum absolute atomic E-state index is 12.8. The number of rotatable bonds is 5. The molecule has 3 nitrogen and oxygen atoms in total. The Bertz CT molecular complexity index is 315. The summed E-state index contributed by atoms with van der Waals surface area (Å²) in [6.45, 7) is 1.09. The van der Waals surface area contributed by atoms with Gasteiger partial charge in [-0.15, -0.1) is 0 Å². The Morgan fingerprint density at radius 3 is 2.73 bits per heavy atom. The van der Waals surface area contributed by atoms with Crippen molar-refractivity contribution in [2.75, 3.05) is 27.2 Å². The first-order valence-corrected chi connectivity index (χ1v) is 4.80. The van der Waals surface area contributed by atoms with E-state index in [0.29, 0.717) is 17.9 Å². The van der Waals surface area contributed by atoms with E-state index in [4.69, 9.17) is 9.84 Å². The smallest absolute Gasteiger partial charge is 0.125 e. The lowest BCUT2D eigenvalue weighted by molar-refractivity contribution is 0.242. The number of halogens is 1. The third-order valence-electron chi connectivity index (χ3n) is 1.99. The van der Waals surface area contributed by atoms with E-state index in [1.54, 1.807) is 0 Å². The average Bonchev–Trinajstić information content (AvgIpc) is 2.19. The van der Waals surface area contributed by atoms with Crippen molar-refractivity contribution in [3.63, 3.8) is 0 Å². The largest absolute Gasteiger partial charge is 0.492 e. The number of aliphatic hydroxyl groups is 1. The quantitative estimate of drug-likeness (QED) is 0.799. The second-order valence-corrected chi connectivity index (χ2v) is 3.56. The Morgan fingerprint density at radius 1 is 1.40 bits per heavy atom. The number of likely N-dealkylation sites (N-methyl/N-ethyl adjacent to an activating group) is 1. The Balaban J connectivity index is 2.60. The first-order valence-electron chi connectivity index (χ1n) is 4.80. The van der Waals surface area contributed by atoms with Crippen molar-refractivity contribution in [3.8, 4) is 5.75 Å². The monoisotopic (exact) mass is 213 g/mol. The standard InChI is InChI=1S/C11H16FNO2/c1-13(2)5-6-15-11-4-3-10(12)7-9(11)8-14/h3-4,7,14H,5-6,8H2,1-2H3. The summed E-state index contributed by atoms with van der Waals surface area (Å²) in [5.74, 6) is 0.180. The molecule has 0 fully saturated rings. The predicted molar refractivity (Wildman–Crippen MR) is 56.4 cm³/mol. The van der Waals surface area contributed by atoms with Crippen molar-refractivity contribution in [3.05, 3.63) is 29.6 Å². The summed E-state index contributed by atoms with van der Waals surface area (Å²) in [6, 6.07) is 4.14. The maximum Gasteiger partial charge on any atom is 0.125 e. The van der Waals surface area contributed by atoms with Crippen LogP contribution in [0.3, 0.4) is 0 Å². The molecular formula is C11H16FNO2. The zero-order valence-electron chi connectivity index (χ0n) is 9.03. The fraction of sp³-hybridized carbons (Fsp3) is 0.455. The molecular weight excluding hydrogens is 197 g/mol. The summed E-state index contributed by atoms with van der Waals surface area (Å²) in [6.07, 6.45) is 0. The second-order valence-electron chi connectivity index (χ2n) is 3.56. The molecule has 1 aromatic rings. The number of nitrogens with zero attached hydrogens (tertiary/aromatic N) is 1. The summed E-state index contributed by atoms with van der Waals surface area (Å²) >= 11 is 0. The highest BCUT2D eigenvalue weighted by Crippen LogP contribution is 2.19. The molecule has 0 amide bonds. The molecule has 1 rings (SSSR count). The van der Waals surface area contributed by atoms with Crippen LogP contribution in [0, 0.1) is 5.82 Å². The maximum atomic E-state index is 12.8. The zero-order valence-corrected chi connectivity index (χ0v) is 9.03. The Morgan fingerprint density at radius 2 is 2.13 bits per heavy atom. The van der Waals surface area contributed by atoms with E-state index < -0.39 is 0 Å². The molecule has 0 aromatic heterocycles. The Kier molecular flexibility index (Phi) is 4.52. The van der Waals surface area contributed by atoms with Gasteiger partial charge >= 0.3 is 0 Å². The molecule has 0 aliphatic carbocycles. The van der Waals surface area contributed by atoms with Crippen LogP contribution in [-0.4, -0.2) is 37.3 Å². The van der Waals surface area contributed by atoms with Gasteiger partial charge in [0.05, 0.1) is 6.61 Å². The Labute approximate surface area is 89.1 Å². The molecule has 0 aliphatic heterocycles. The first kappa shape index (κ1) is 11.9. The van der Waals surface area contributed by atoms with Gasteiger partial charge < -0.3 is 14.7 Å². The van der Waals surface area contributed by atoms with Gasteiger partial charge in [0, 0.05) is 12.1 Å². The molecule has 0 aliphatic rings. The van der Waals surface area contributed by atoms with Crippen LogP contribution in [0.25, 0.3) is 0 Å². The molecule has 0 spiro atoms. The van der Waals surface area contributed by atoms with Gasteiger partial charge in [-0.1, -0.05) is 0 Å². The van der Waals surface area contributed by atoms with Gasteiger partial charge in [0.15, 0.2) is 0 Å². The molecule has 4 heteroatoms. The second kappa shape index (κ2) is 5.68. The van der Waals surface area contributed by atoms with Gasteiger partial charge in [-0.3, -0.25) is 0 Å². The van der Waals surface area contributed by atoms with Gasteiger partial charge in [0.25, 0.3) is 0 Å². The van der Waals surface area contributed by atoms with Gasteiger partial charge in [-0.2, -0.15) is 0 Å². The van der Waals surface area contributed by atoms with Gasteiger partial charge in [0.2, 0.25) is 0 Å². The minimum Gasteiger partial charge on any atom is -0.492 e. The third kappa shape index (κ3) is 3.85. The number of hydrogen-bond donors (Lipinski definition) is 1. The summed E-state index contributed by atoms with van der Waals surface area (Å²) in [7, 11) is 3.89. The summed E-state index contributed by atoms with van der Waals surface area (Å²) in [5.41, 5.74) is 0.480. The summed E-state index contributed by atoms with van der Waals surface area (Å²) in [4.78, 5) is 1.99. The zero-order chi connectivity index (χ0) is 11.3. The highest BCUT2D eigenvalue weighted by Gasteiger charge is 2.04. The lowest BCUT2D eigenvalue weighted by Crippen LogP contribution is -2.19. The van der Waals surface area contributed by atoms with Crippen molar-refractivity contribution >= 4 is 0 Å². The lowest BCUT2D eigenvalue weighted by Gasteiger charge is -2.13. The average molecular weight is 213 g/mol. The molecule has 0 heterocycles. The summed E-state index contributed by atoms with van der Waals surface area (Å²) < 4.78 is 18.2. The normalized spacial score (nSPS) is 10.7. The topological polar surface area (TPSA) is 32.7 Å². The number of benzene rings is 1. The third-order valence-corrected chi connectivity index (χ3v) is 1.99.